The molecule has 2 N–H and O–H groups in total. The van der Waals surface area contributed by atoms with Crippen LogP contribution in [-0.4, -0.2) is 25.6 Å². The van der Waals surface area contributed by atoms with Gasteiger partial charge in [-0.25, -0.2) is 8.42 Å². The highest BCUT2D eigenvalue weighted by Gasteiger charge is 2.14. The maximum atomic E-state index is 11.7. The van der Waals surface area contributed by atoms with E-state index in [0.29, 0.717) is 5.02 Å². The van der Waals surface area contributed by atoms with Crippen LogP contribution in [0.2, 0.25) is 5.02 Å². The Labute approximate surface area is 99.0 Å². The number of hydrogen-bond acceptors (Lipinski definition) is 4. The van der Waals surface area contributed by atoms with E-state index in [9.17, 15) is 8.42 Å². The summed E-state index contributed by atoms with van der Waals surface area (Å²) in [4.78, 5) is 2.30. The van der Waals surface area contributed by atoms with Crippen LogP contribution in [0.25, 0.3) is 0 Å². The number of sulfonamides is 1. The van der Waals surface area contributed by atoms with E-state index in [1.54, 1.807) is 0 Å². The minimum Gasteiger partial charge on any atom is -0.514 e. The first-order valence-electron chi connectivity index (χ1n) is 4.27. The van der Waals surface area contributed by atoms with Crippen molar-refractivity contribution < 1.29 is 13.5 Å². The number of nitrogens with zero attached hydrogens (tertiary/aromatic N) is 1. The van der Waals surface area contributed by atoms with Gasteiger partial charge in [0.2, 0.25) is 0 Å². The lowest BCUT2D eigenvalue weighted by molar-refractivity contribution is 0.380. The van der Waals surface area contributed by atoms with Gasteiger partial charge in [-0.05, 0) is 24.3 Å². The fourth-order valence-electron chi connectivity index (χ4n) is 0.986. The van der Waals surface area contributed by atoms with Gasteiger partial charge < -0.3 is 10.1 Å². The Morgan fingerprint density at radius 1 is 1.38 bits per heavy atom. The van der Waals surface area contributed by atoms with Crippen LogP contribution in [0, 0.1) is 0 Å². The molecule has 0 saturated heterocycles. The van der Waals surface area contributed by atoms with E-state index in [1.165, 1.54) is 31.3 Å². The third-order valence-electron chi connectivity index (χ3n) is 1.68. The highest BCUT2D eigenvalue weighted by atomic mass is 35.5. The van der Waals surface area contributed by atoms with Gasteiger partial charge in [0.05, 0.1) is 17.4 Å². The van der Waals surface area contributed by atoms with Gasteiger partial charge in [0.15, 0.2) is 0 Å². The molecule has 0 spiro atoms. The van der Waals surface area contributed by atoms with Crippen molar-refractivity contribution in [2.45, 2.75) is 4.90 Å². The van der Waals surface area contributed by atoms with Crippen molar-refractivity contribution in [1.82, 2.24) is 9.84 Å². The Morgan fingerprint density at radius 3 is 2.44 bits per heavy atom. The number of benzene rings is 1. The molecule has 1 rings (SSSR count). The highest BCUT2D eigenvalue weighted by Crippen LogP contribution is 2.13. The summed E-state index contributed by atoms with van der Waals surface area (Å²) >= 11 is 5.65. The van der Waals surface area contributed by atoms with E-state index in [1.807, 2.05) is 0 Å². The predicted octanol–water partition coefficient (Wildman–Crippen LogP) is 1.49. The molecule has 0 unspecified atom stereocenters. The van der Waals surface area contributed by atoms with E-state index in [4.69, 9.17) is 16.7 Å². The van der Waals surface area contributed by atoms with Crippen molar-refractivity contribution in [1.29, 1.82) is 0 Å². The van der Waals surface area contributed by atoms with Crippen LogP contribution in [0.1, 0.15) is 0 Å². The molecular formula is C9H11ClN2O3S. The quantitative estimate of drug-likeness (QED) is 0.637. The molecule has 0 aliphatic heterocycles. The molecule has 1 aromatic rings. The molecule has 1 aromatic carbocycles. The molecule has 0 heterocycles. The summed E-state index contributed by atoms with van der Waals surface area (Å²) in [6, 6.07) is 5.75. The lowest BCUT2D eigenvalue weighted by atomic mass is 10.4. The Kier molecular flexibility index (Phi) is 4.17. The Hall–Kier alpha value is -1.24. The molecule has 0 fully saturated rings. The largest absolute Gasteiger partial charge is 0.514 e. The zero-order chi connectivity index (χ0) is 12.2. The van der Waals surface area contributed by atoms with Crippen LogP contribution in [0.4, 0.5) is 0 Å². The van der Waals surface area contributed by atoms with Crippen LogP contribution in [0.5, 0.6) is 0 Å². The number of hydrazine groups is 1. The van der Waals surface area contributed by atoms with Crippen LogP contribution >= 0.6 is 11.6 Å². The molecule has 0 atom stereocenters. The molecule has 0 aromatic heterocycles. The van der Waals surface area contributed by atoms with Gasteiger partial charge in [0, 0.05) is 12.1 Å². The van der Waals surface area contributed by atoms with E-state index >= 15 is 0 Å². The molecular weight excluding hydrogens is 252 g/mol. The molecule has 0 bridgehead atoms. The van der Waals surface area contributed by atoms with Crippen LogP contribution < -0.4 is 4.83 Å². The number of aliphatic hydroxyl groups excluding tert-OH is 1. The lowest BCUT2D eigenvalue weighted by Crippen LogP contribution is -2.35. The molecule has 16 heavy (non-hydrogen) atoms. The van der Waals surface area contributed by atoms with Gasteiger partial charge in [0.1, 0.15) is 0 Å². The Balaban J connectivity index is 2.90. The average molecular weight is 263 g/mol. The molecule has 0 aliphatic rings. The van der Waals surface area contributed by atoms with Crippen LogP contribution in [0.15, 0.2) is 41.6 Å². The second-order valence-electron chi connectivity index (χ2n) is 2.96. The molecule has 88 valence electrons. The number of nitrogens with one attached hydrogen (secondary N) is 1. The molecule has 7 heteroatoms. The summed E-state index contributed by atoms with van der Waals surface area (Å²) in [7, 11) is -2.20. The molecule has 5 nitrogen and oxygen atoms in total. The number of halogens is 1. The van der Waals surface area contributed by atoms with Crippen molar-refractivity contribution in [2.75, 3.05) is 7.05 Å². The summed E-state index contributed by atoms with van der Waals surface area (Å²) in [5, 5.41) is 10.0. The van der Waals surface area contributed by atoms with E-state index < -0.39 is 10.0 Å². The zero-order valence-electron chi connectivity index (χ0n) is 8.46. The van der Waals surface area contributed by atoms with E-state index in [2.05, 4.69) is 4.83 Å². The summed E-state index contributed by atoms with van der Waals surface area (Å²) in [6.07, 6.45) is 1.89. The normalized spacial score (nSPS) is 11.9. The van der Waals surface area contributed by atoms with Gasteiger partial charge in [-0.1, -0.05) is 11.6 Å². The summed E-state index contributed by atoms with van der Waals surface area (Å²) in [5.74, 6) is 0. The van der Waals surface area contributed by atoms with Crippen molar-refractivity contribution in [3.8, 4) is 0 Å². The summed E-state index contributed by atoms with van der Waals surface area (Å²) in [6.45, 7) is 0. The molecule has 0 radical (unpaired) electrons. The van der Waals surface area contributed by atoms with Gasteiger partial charge in [0.25, 0.3) is 10.0 Å². The number of aliphatic hydroxyl groups is 1. The number of hydrogen-bond donors (Lipinski definition) is 2. The predicted molar refractivity (Wildman–Crippen MR) is 61.3 cm³/mol. The van der Waals surface area contributed by atoms with Crippen molar-refractivity contribution in [2.24, 2.45) is 0 Å². The van der Waals surface area contributed by atoms with E-state index in [-0.39, 0.29) is 4.90 Å². The minimum atomic E-state index is -3.64. The Morgan fingerprint density at radius 2 is 1.94 bits per heavy atom. The van der Waals surface area contributed by atoms with Crippen molar-refractivity contribution >= 4 is 21.6 Å². The van der Waals surface area contributed by atoms with Crippen LogP contribution in [0.3, 0.4) is 0 Å². The summed E-state index contributed by atoms with van der Waals surface area (Å²) < 4.78 is 23.4. The topological polar surface area (TPSA) is 69.6 Å². The smallest absolute Gasteiger partial charge is 0.257 e. The van der Waals surface area contributed by atoms with Crippen molar-refractivity contribution in [3.05, 3.63) is 41.8 Å². The maximum absolute atomic E-state index is 11.7. The SMILES string of the molecule is CN(/C=C\O)NS(=O)(=O)c1ccc(Cl)cc1. The summed E-state index contributed by atoms with van der Waals surface area (Å²) in [5.41, 5.74) is 0. The first-order valence-corrected chi connectivity index (χ1v) is 6.13. The first kappa shape index (κ1) is 12.8. The molecule has 0 saturated carbocycles. The standard InChI is InChI=1S/C9H11ClN2O3S/c1-12(6-7-13)11-16(14,15)9-4-2-8(10)3-5-9/h2-7,11,13H,1H3/b7-6-. The number of rotatable bonds is 4. The van der Waals surface area contributed by atoms with Crippen molar-refractivity contribution in [3.63, 3.8) is 0 Å². The monoisotopic (exact) mass is 262 g/mol. The van der Waals surface area contributed by atoms with Gasteiger partial charge >= 0.3 is 0 Å². The Bertz CT molecular complexity index is 470. The molecule has 0 aliphatic carbocycles. The molecule has 0 amide bonds. The first-order chi connectivity index (χ1) is 7.45. The fraction of sp³-hybridized carbons (Fsp3) is 0.111. The third kappa shape index (κ3) is 3.41. The highest BCUT2D eigenvalue weighted by molar-refractivity contribution is 7.89. The van der Waals surface area contributed by atoms with E-state index in [0.717, 1.165) is 17.5 Å². The van der Waals surface area contributed by atoms with Gasteiger partial charge in [-0.15, -0.1) is 4.83 Å². The van der Waals surface area contributed by atoms with Gasteiger partial charge in [-0.3, -0.25) is 0 Å². The second-order valence-corrected chi connectivity index (χ2v) is 5.05. The lowest BCUT2D eigenvalue weighted by Gasteiger charge is -2.15. The third-order valence-corrected chi connectivity index (χ3v) is 3.35. The maximum Gasteiger partial charge on any atom is 0.257 e. The zero-order valence-corrected chi connectivity index (χ0v) is 10.0. The minimum absolute atomic E-state index is 0.0927. The fourth-order valence-corrected chi connectivity index (χ4v) is 2.15. The second kappa shape index (κ2) is 5.20. The van der Waals surface area contributed by atoms with Crippen LogP contribution in [-0.2, 0) is 10.0 Å². The average Bonchev–Trinajstić information content (AvgIpc) is 2.17. The van der Waals surface area contributed by atoms with Gasteiger partial charge in [-0.2, -0.15) is 0 Å².